The van der Waals surface area contributed by atoms with Gasteiger partial charge in [-0.05, 0) is 54.3 Å². The van der Waals surface area contributed by atoms with Crippen molar-refractivity contribution in [2.45, 2.75) is 18.8 Å². The van der Waals surface area contributed by atoms with E-state index in [0.717, 1.165) is 17.6 Å². The summed E-state index contributed by atoms with van der Waals surface area (Å²) in [4.78, 5) is 5.26. The third kappa shape index (κ3) is 2.11. The molecule has 0 aliphatic heterocycles. The van der Waals surface area contributed by atoms with Gasteiger partial charge in [-0.2, -0.15) is 0 Å². The van der Waals surface area contributed by atoms with Crippen LogP contribution in [-0.2, 0) is 0 Å². The summed E-state index contributed by atoms with van der Waals surface area (Å²) in [6, 6.07) is 30.2. The molecule has 0 fully saturated rings. The van der Waals surface area contributed by atoms with E-state index in [-0.39, 0.29) is 0 Å². The fourth-order valence-electron chi connectivity index (χ4n) is 5.47. The van der Waals surface area contributed by atoms with Crippen LogP contribution in [-0.4, -0.2) is 9.55 Å². The monoisotopic (exact) mass is 384 g/mol. The van der Waals surface area contributed by atoms with E-state index in [0.29, 0.717) is 5.92 Å². The highest BCUT2D eigenvalue weighted by molar-refractivity contribution is 5.99. The first-order valence-corrected chi connectivity index (χ1v) is 10.7. The summed E-state index contributed by atoms with van der Waals surface area (Å²) >= 11 is 0. The Hall–Kier alpha value is -3.65. The molecule has 2 bridgehead atoms. The summed E-state index contributed by atoms with van der Waals surface area (Å²) in [6.07, 6.45) is 4.88. The number of nitrogens with zero attached hydrogens (tertiary/aromatic N) is 2. The van der Waals surface area contributed by atoms with E-state index >= 15 is 0 Å². The third-order valence-electron chi connectivity index (χ3n) is 6.72. The lowest BCUT2D eigenvalue weighted by atomic mass is 9.86. The zero-order chi connectivity index (χ0) is 19.7. The highest BCUT2D eigenvalue weighted by Crippen LogP contribution is 2.53. The number of allylic oxidation sites excluding steroid dienone is 2. The van der Waals surface area contributed by atoms with Gasteiger partial charge in [0.05, 0.1) is 22.4 Å². The summed E-state index contributed by atoms with van der Waals surface area (Å²) in [5, 5.41) is 2.56. The average molecular weight is 384 g/mol. The first-order chi connectivity index (χ1) is 14.9. The van der Waals surface area contributed by atoms with Crippen LogP contribution in [0.1, 0.15) is 29.9 Å². The minimum atomic E-state index is 0.538. The molecule has 7 rings (SSSR count). The van der Waals surface area contributed by atoms with Crippen LogP contribution >= 0.6 is 0 Å². The number of pyridine rings is 1. The zero-order valence-electron chi connectivity index (χ0n) is 16.5. The van der Waals surface area contributed by atoms with Crippen molar-refractivity contribution in [2.24, 2.45) is 0 Å². The van der Waals surface area contributed by atoms with Gasteiger partial charge in [0.15, 0.2) is 0 Å². The van der Waals surface area contributed by atoms with Crippen LogP contribution in [0.15, 0.2) is 91.0 Å². The minimum absolute atomic E-state index is 0.538. The van der Waals surface area contributed by atoms with E-state index in [1.807, 2.05) is 0 Å². The first-order valence-electron chi connectivity index (χ1n) is 10.7. The summed E-state index contributed by atoms with van der Waals surface area (Å²) in [5.41, 5.74) is 10.1. The van der Waals surface area contributed by atoms with Crippen LogP contribution in [0.5, 0.6) is 0 Å². The molecule has 3 aromatic carbocycles. The third-order valence-corrected chi connectivity index (χ3v) is 6.72. The number of benzene rings is 3. The molecule has 1 unspecified atom stereocenters. The highest BCUT2D eigenvalue weighted by Gasteiger charge is 2.35. The summed E-state index contributed by atoms with van der Waals surface area (Å²) in [5.74, 6) is 0.538. The lowest BCUT2D eigenvalue weighted by molar-refractivity contribution is 0.791. The lowest BCUT2D eigenvalue weighted by Crippen LogP contribution is -2.06. The van der Waals surface area contributed by atoms with Gasteiger partial charge in [0.2, 0.25) is 0 Å². The van der Waals surface area contributed by atoms with E-state index in [1.54, 1.807) is 0 Å². The highest BCUT2D eigenvalue weighted by atomic mass is 15.0. The van der Waals surface area contributed by atoms with E-state index in [4.69, 9.17) is 4.98 Å². The topological polar surface area (TPSA) is 17.8 Å². The molecule has 0 N–H and O–H groups in total. The SMILES string of the molecule is C1=C2CCC1c1c2c(-c2cc3ccccc3n2-c2ccccc2)nc2ccccc12. The molecule has 2 nitrogen and oxygen atoms in total. The molecule has 1 atom stereocenters. The van der Waals surface area contributed by atoms with Crippen LogP contribution < -0.4 is 0 Å². The van der Waals surface area contributed by atoms with Crippen molar-refractivity contribution < 1.29 is 0 Å². The fraction of sp³-hybridized carbons (Fsp3) is 0.107. The van der Waals surface area contributed by atoms with Gasteiger partial charge in [-0.1, -0.05) is 60.7 Å². The Balaban J connectivity index is 1.63. The normalized spacial score (nSPS) is 16.9. The molecule has 2 heteroatoms. The van der Waals surface area contributed by atoms with Crippen LogP contribution in [0, 0.1) is 0 Å². The molecule has 0 saturated carbocycles. The van der Waals surface area contributed by atoms with Gasteiger partial charge in [-0.25, -0.2) is 4.98 Å². The second-order valence-corrected chi connectivity index (χ2v) is 8.36. The quantitative estimate of drug-likeness (QED) is 0.317. The van der Waals surface area contributed by atoms with Crippen LogP contribution in [0.2, 0.25) is 0 Å². The molecule has 30 heavy (non-hydrogen) atoms. The molecule has 0 saturated heterocycles. The molecular weight excluding hydrogens is 364 g/mol. The van der Waals surface area contributed by atoms with E-state index < -0.39 is 0 Å². The largest absolute Gasteiger partial charge is 0.308 e. The maximum Gasteiger partial charge on any atom is 0.0956 e. The van der Waals surface area contributed by atoms with Crippen LogP contribution in [0.25, 0.3) is 44.5 Å². The Kier molecular flexibility index (Phi) is 3.20. The van der Waals surface area contributed by atoms with Crippen molar-refractivity contribution in [3.05, 3.63) is 102 Å². The van der Waals surface area contributed by atoms with Gasteiger partial charge in [0, 0.05) is 27.9 Å². The van der Waals surface area contributed by atoms with Gasteiger partial charge in [0.25, 0.3) is 0 Å². The number of aromatic nitrogens is 2. The number of fused-ring (bicyclic) bond motifs is 7. The average Bonchev–Trinajstić information content (AvgIpc) is 3.52. The van der Waals surface area contributed by atoms with Gasteiger partial charge < -0.3 is 4.57 Å². The molecule has 0 amide bonds. The zero-order valence-corrected chi connectivity index (χ0v) is 16.5. The number of para-hydroxylation sites is 3. The fourth-order valence-corrected chi connectivity index (χ4v) is 5.47. The molecule has 0 spiro atoms. The van der Waals surface area contributed by atoms with Crippen LogP contribution in [0.4, 0.5) is 0 Å². The molecular formula is C28H20N2. The van der Waals surface area contributed by atoms with Crippen LogP contribution in [0.3, 0.4) is 0 Å². The molecule has 0 radical (unpaired) electrons. The maximum absolute atomic E-state index is 5.26. The predicted octanol–water partition coefficient (Wildman–Crippen LogP) is 7.12. The summed E-state index contributed by atoms with van der Waals surface area (Å²) in [7, 11) is 0. The lowest BCUT2D eigenvalue weighted by Gasteiger charge is -2.21. The van der Waals surface area contributed by atoms with Crippen molar-refractivity contribution in [1.82, 2.24) is 9.55 Å². The molecule has 2 aliphatic carbocycles. The smallest absolute Gasteiger partial charge is 0.0956 e. The van der Waals surface area contributed by atoms with Crippen molar-refractivity contribution >= 4 is 27.4 Å². The Morgan fingerprint density at radius 1 is 0.833 bits per heavy atom. The van der Waals surface area contributed by atoms with Crippen molar-refractivity contribution in [3.8, 4) is 17.1 Å². The van der Waals surface area contributed by atoms with Crippen molar-refractivity contribution in [3.63, 3.8) is 0 Å². The minimum Gasteiger partial charge on any atom is -0.308 e. The number of hydrogen-bond donors (Lipinski definition) is 0. The van der Waals surface area contributed by atoms with E-state index in [1.165, 1.54) is 50.8 Å². The maximum atomic E-state index is 5.26. The Bertz CT molecular complexity index is 1490. The second kappa shape index (κ2) is 5.93. The first kappa shape index (κ1) is 16.2. The van der Waals surface area contributed by atoms with Gasteiger partial charge in [-0.3, -0.25) is 0 Å². The molecule has 2 aromatic heterocycles. The van der Waals surface area contributed by atoms with Gasteiger partial charge in [0.1, 0.15) is 0 Å². The van der Waals surface area contributed by atoms with Gasteiger partial charge >= 0.3 is 0 Å². The molecule has 142 valence electrons. The number of rotatable bonds is 2. The van der Waals surface area contributed by atoms with Crippen molar-refractivity contribution in [1.29, 1.82) is 0 Å². The van der Waals surface area contributed by atoms with Crippen molar-refractivity contribution in [2.75, 3.05) is 0 Å². The van der Waals surface area contributed by atoms with E-state index in [9.17, 15) is 0 Å². The van der Waals surface area contributed by atoms with E-state index in [2.05, 4.69) is 95.6 Å². The Morgan fingerprint density at radius 3 is 2.57 bits per heavy atom. The Labute approximate surface area is 175 Å². The standard InChI is InChI=1S/C28H20N2/c1-2-9-21(10-3-1)30-24-13-7-4-8-18(24)17-25(30)28-27-20-15-14-19(16-20)26(27)22-11-5-6-12-23(22)29-28/h1-13,16-17,19H,14-15H2. The molecule has 2 aliphatic rings. The number of hydrogen-bond acceptors (Lipinski definition) is 1. The van der Waals surface area contributed by atoms with Gasteiger partial charge in [-0.15, -0.1) is 0 Å². The summed E-state index contributed by atoms with van der Waals surface area (Å²) in [6.45, 7) is 0. The Morgan fingerprint density at radius 2 is 1.63 bits per heavy atom. The summed E-state index contributed by atoms with van der Waals surface area (Å²) < 4.78 is 2.37. The second-order valence-electron chi connectivity index (χ2n) is 8.36. The molecule has 5 aromatic rings. The molecule has 2 heterocycles. The predicted molar refractivity (Wildman–Crippen MR) is 124 cm³/mol.